The predicted molar refractivity (Wildman–Crippen MR) is 60.2 cm³/mol. The highest BCUT2D eigenvalue weighted by molar-refractivity contribution is 5.71. The fraction of sp³-hybridized carbons (Fsp3) is 0.167. The molecule has 6 heteroatoms. The number of ether oxygens (including phenoxy) is 1. The average molecular weight is 243 g/mol. The van der Waals surface area contributed by atoms with Crippen molar-refractivity contribution in [3.63, 3.8) is 0 Å². The minimum Gasteiger partial charge on any atom is -0.469 e. The third-order valence-electron chi connectivity index (χ3n) is 2.25. The molecule has 1 aromatic carbocycles. The maximum atomic E-state index is 11.0. The second-order valence-electron chi connectivity index (χ2n) is 3.44. The molecule has 2 rings (SSSR count). The fourth-order valence-electron chi connectivity index (χ4n) is 1.32. The molecule has 1 aromatic heterocycles. The van der Waals surface area contributed by atoms with E-state index in [2.05, 4.69) is 14.9 Å². The zero-order chi connectivity index (χ0) is 13.0. The number of methoxy groups -OCH3 is 1. The van der Waals surface area contributed by atoms with Crippen molar-refractivity contribution in [1.82, 2.24) is 10.2 Å². The number of benzene rings is 1. The number of nitriles is 1. The van der Waals surface area contributed by atoms with Gasteiger partial charge in [0.25, 0.3) is 0 Å². The van der Waals surface area contributed by atoms with Crippen LogP contribution >= 0.6 is 0 Å². The van der Waals surface area contributed by atoms with E-state index in [1.165, 1.54) is 7.11 Å². The molecule has 2 aromatic rings. The molecule has 0 spiro atoms. The number of hydrogen-bond acceptors (Lipinski definition) is 6. The molecule has 0 aliphatic carbocycles. The van der Waals surface area contributed by atoms with Gasteiger partial charge in [-0.15, -0.1) is 10.2 Å². The lowest BCUT2D eigenvalue weighted by molar-refractivity contribution is -0.140. The fourth-order valence-corrected chi connectivity index (χ4v) is 1.32. The standard InChI is InChI=1S/C12H9N3O3/c1-17-11(16)6-10-14-15-12(18-10)9-4-2-8(7-13)3-5-9/h2-5H,6H2,1H3. The molecule has 90 valence electrons. The molecule has 0 aliphatic rings. The smallest absolute Gasteiger partial charge is 0.315 e. The number of nitrogens with zero attached hydrogens (tertiary/aromatic N) is 3. The Morgan fingerprint density at radius 3 is 2.72 bits per heavy atom. The van der Waals surface area contributed by atoms with Gasteiger partial charge in [0.1, 0.15) is 6.42 Å². The Morgan fingerprint density at radius 2 is 2.11 bits per heavy atom. The highest BCUT2D eigenvalue weighted by Gasteiger charge is 2.12. The maximum Gasteiger partial charge on any atom is 0.315 e. The molecule has 0 atom stereocenters. The van der Waals surface area contributed by atoms with Gasteiger partial charge in [-0.25, -0.2) is 0 Å². The number of carbonyl (C=O) groups excluding carboxylic acids is 1. The van der Waals surface area contributed by atoms with E-state index in [1.54, 1.807) is 24.3 Å². The van der Waals surface area contributed by atoms with Crippen LogP contribution in [0.15, 0.2) is 28.7 Å². The van der Waals surface area contributed by atoms with Gasteiger partial charge in [-0.1, -0.05) is 0 Å². The van der Waals surface area contributed by atoms with Gasteiger partial charge in [0, 0.05) is 5.56 Å². The van der Waals surface area contributed by atoms with E-state index >= 15 is 0 Å². The Balaban J connectivity index is 2.18. The zero-order valence-corrected chi connectivity index (χ0v) is 9.58. The second-order valence-corrected chi connectivity index (χ2v) is 3.44. The molecule has 0 saturated heterocycles. The molecule has 0 aliphatic heterocycles. The van der Waals surface area contributed by atoms with E-state index in [-0.39, 0.29) is 12.3 Å². The summed E-state index contributed by atoms with van der Waals surface area (Å²) < 4.78 is 9.81. The van der Waals surface area contributed by atoms with Crippen molar-refractivity contribution in [3.8, 4) is 17.5 Å². The van der Waals surface area contributed by atoms with Gasteiger partial charge >= 0.3 is 5.97 Å². The Bertz CT molecular complexity index is 596. The van der Waals surface area contributed by atoms with Gasteiger partial charge in [0.05, 0.1) is 18.7 Å². The number of esters is 1. The van der Waals surface area contributed by atoms with Crippen LogP contribution in [0.25, 0.3) is 11.5 Å². The largest absolute Gasteiger partial charge is 0.469 e. The average Bonchev–Trinajstić information content (AvgIpc) is 2.87. The van der Waals surface area contributed by atoms with Gasteiger partial charge < -0.3 is 9.15 Å². The Labute approximate surface area is 103 Å². The van der Waals surface area contributed by atoms with Crippen LogP contribution in [0.4, 0.5) is 0 Å². The topological polar surface area (TPSA) is 89.0 Å². The van der Waals surface area contributed by atoms with E-state index in [4.69, 9.17) is 9.68 Å². The summed E-state index contributed by atoms with van der Waals surface area (Å²) in [6, 6.07) is 8.73. The molecule has 0 unspecified atom stereocenters. The first-order valence-electron chi connectivity index (χ1n) is 5.12. The Hall–Kier alpha value is -2.68. The van der Waals surface area contributed by atoms with Crippen LogP contribution in [0.5, 0.6) is 0 Å². The lowest BCUT2D eigenvalue weighted by Gasteiger charge is -1.94. The van der Waals surface area contributed by atoms with Crippen molar-refractivity contribution in [1.29, 1.82) is 5.26 Å². The molecule has 0 N–H and O–H groups in total. The molecule has 0 radical (unpaired) electrons. The quantitative estimate of drug-likeness (QED) is 0.755. The van der Waals surface area contributed by atoms with Crippen LogP contribution in [0.3, 0.4) is 0 Å². The van der Waals surface area contributed by atoms with Crippen LogP contribution in [0.1, 0.15) is 11.5 Å². The first kappa shape index (κ1) is 11.8. The van der Waals surface area contributed by atoms with Gasteiger partial charge in [-0.05, 0) is 24.3 Å². The van der Waals surface area contributed by atoms with Crippen LogP contribution in [-0.4, -0.2) is 23.3 Å². The maximum absolute atomic E-state index is 11.0. The SMILES string of the molecule is COC(=O)Cc1nnc(-c2ccc(C#N)cc2)o1. The van der Waals surface area contributed by atoms with E-state index in [1.807, 2.05) is 6.07 Å². The van der Waals surface area contributed by atoms with Crippen molar-refractivity contribution in [2.45, 2.75) is 6.42 Å². The summed E-state index contributed by atoms with van der Waals surface area (Å²) in [6.07, 6.45) is -0.0558. The highest BCUT2D eigenvalue weighted by atomic mass is 16.5. The van der Waals surface area contributed by atoms with Gasteiger partial charge in [0.2, 0.25) is 11.8 Å². The summed E-state index contributed by atoms with van der Waals surface area (Å²) in [4.78, 5) is 11.0. The normalized spacial score (nSPS) is 9.78. The number of rotatable bonds is 3. The lowest BCUT2D eigenvalue weighted by atomic mass is 10.1. The highest BCUT2D eigenvalue weighted by Crippen LogP contribution is 2.18. The third kappa shape index (κ3) is 2.52. The van der Waals surface area contributed by atoms with E-state index in [9.17, 15) is 4.79 Å². The summed E-state index contributed by atoms with van der Waals surface area (Å²) in [5.74, 6) is 0.0598. The first-order valence-corrected chi connectivity index (χ1v) is 5.12. The molecule has 0 fully saturated rings. The summed E-state index contributed by atoms with van der Waals surface area (Å²) in [5.41, 5.74) is 1.24. The van der Waals surface area contributed by atoms with E-state index < -0.39 is 5.97 Å². The van der Waals surface area contributed by atoms with Gasteiger partial charge in [0.15, 0.2) is 0 Å². The second kappa shape index (κ2) is 5.10. The predicted octanol–water partition coefficient (Wildman–Crippen LogP) is 1.32. The summed E-state index contributed by atoms with van der Waals surface area (Å²) in [5, 5.41) is 16.2. The Kier molecular flexibility index (Phi) is 3.34. The van der Waals surface area contributed by atoms with E-state index in [0.29, 0.717) is 17.0 Å². The summed E-state index contributed by atoms with van der Waals surface area (Å²) in [7, 11) is 1.29. The molecular weight excluding hydrogens is 234 g/mol. The molecule has 18 heavy (non-hydrogen) atoms. The number of hydrogen-bond donors (Lipinski definition) is 0. The van der Waals surface area contributed by atoms with Crippen molar-refractivity contribution in [2.75, 3.05) is 7.11 Å². The third-order valence-corrected chi connectivity index (χ3v) is 2.25. The monoisotopic (exact) mass is 243 g/mol. The molecule has 0 saturated carbocycles. The zero-order valence-electron chi connectivity index (χ0n) is 9.58. The van der Waals surface area contributed by atoms with Crippen LogP contribution in [0.2, 0.25) is 0 Å². The van der Waals surface area contributed by atoms with Gasteiger partial charge in [-0.3, -0.25) is 4.79 Å². The van der Waals surface area contributed by atoms with Crippen LogP contribution < -0.4 is 0 Å². The molecule has 0 amide bonds. The molecular formula is C12H9N3O3. The summed E-state index contributed by atoms with van der Waals surface area (Å²) >= 11 is 0. The van der Waals surface area contributed by atoms with Crippen molar-refractivity contribution < 1.29 is 13.9 Å². The van der Waals surface area contributed by atoms with Crippen molar-refractivity contribution in [3.05, 3.63) is 35.7 Å². The molecule has 0 bridgehead atoms. The lowest BCUT2D eigenvalue weighted by Crippen LogP contribution is -2.04. The van der Waals surface area contributed by atoms with Crippen LogP contribution in [-0.2, 0) is 16.0 Å². The number of aromatic nitrogens is 2. The van der Waals surface area contributed by atoms with Crippen molar-refractivity contribution >= 4 is 5.97 Å². The molecule has 6 nitrogen and oxygen atoms in total. The summed E-state index contributed by atoms with van der Waals surface area (Å²) in [6.45, 7) is 0. The van der Waals surface area contributed by atoms with Crippen molar-refractivity contribution in [2.24, 2.45) is 0 Å². The molecule has 1 heterocycles. The van der Waals surface area contributed by atoms with Gasteiger partial charge in [-0.2, -0.15) is 5.26 Å². The van der Waals surface area contributed by atoms with E-state index in [0.717, 1.165) is 0 Å². The minimum atomic E-state index is -0.440. The number of carbonyl (C=O) groups is 1. The first-order chi connectivity index (χ1) is 8.72. The Morgan fingerprint density at radius 1 is 1.39 bits per heavy atom. The minimum absolute atomic E-state index is 0.0558. The van der Waals surface area contributed by atoms with Crippen LogP contribution in [0, 0.1) is 11.3 Å².